The SMILES string of the molecule is CCN1CC2(CCN(C(=O)N(Cc3ccc(C(=O)CNC(=O)C(F)F)cc3F)c3ccc4cnn(C)c4c3)CC2)C1. The van der Waals surface area contributed by atoms with Gasteiger partial charge in [-0.15, -0.1) is 0 Å². The molecule has 2 aliphatic heterocycles. The summed E-state index contributed by atoms with van der Waals surface area (Å²) >= 11 is 0. The number of aryl methyl sites for hydroxylation is 1. The van der Waals surface area contributed by atoms with Crippen LogP contribution in [0.3, 0.4) is 0 Å². The smallest absolute Gasteiger partial charge is 0.324 e. The molecule has 0 aliphatic carbocycles. The van der Waals surface area contributed by atoms with Crippen LogP contribution in [0.15, 0.2) is 42.6 Å². The maximum absolute atomic E-state index is 15.3. The van der Waals surface area contributed by atoms with Crippen molar-refractivity contribution in [1.82, 2.24) is 24.9 Å². The number of benzene rings is 2. The summed E-state index contributed by atoms with van der Waals surface area (Å²) in [6.07, 6.45) is 0.308. The number of anilines is 1. The molecule has 1 aromatic heterocycles. The standard InChI is InChI=1S/C29H33F3N6O3/c1-3-36-17-29(18-36)8-10-37(11-9-29)28(41)38(22-7-6-20-14-34-35(2)24(20)13-22)16-21-5-4-19(12-23(21)30)25(39)15-33-27(40)26(31)32/h4-7,12-14,26H,3,8-11,15-18H2,1-2H3,(H,33,40). The van der Waals surface area contributed by atoms with Crippen molar-refractivity contribution in [2.75, 3.05) is 44.2 Å². The number of halogens is 3. The maximum atomic E-state index is 15.3. The van der Waals surface area contributed by atoms with E-state index in [4.69, 9.17) is 0 Å². The van der Waals surface area contributed by atoms with Crippen LogP contribution >= 0.6 is 0 Å². The van der Waals surface area contributed by atoms with Gasteiger partial charge in [0.2, 0.25) is 0 Å². The van der Waals surface area contributed by atoms with Crippen molar-refractivity contribution in [3.8, 4) is 0 Å². The fourth-order valence-electron chi connectivity index (χ4n) is 5.72. The van der Waals surface area contributed by atoms with Crippen molar-refractivity contribution >= 4 is 34.3 Å². The van der Waals surface area contributed by atoms with Gasteiger partial charge in [-0.2, -0.15) is 13.9 Å². The van der Waals surface area contributed by atoms with Crippen molar-refractivity contribution in [2.24, 2.45) is 12.5 Å². The number of nitrogens with zero attached hydrogens (tertiary/aromatic N) is 5. The van der Waals surface area contributed by atoms with Crippen LogP contribution in [0.25, 0.3) is 10.9 Å². The fourth-order valence-corrected chi connectivity index (χ4v) is 5.72. The van der Waals surface area contributed by atoms with E-state index in [9.17, 15) is 23.2 Å². The number of amides is 3. The Morgan fingerprint density at radius 3 is 2.49 bits per heavy atom. The van der Waals surface area contributed by atoms with E-state index in [1.165, 1.54) is 17.0 Å². The van der Waals surface area contributed by atoms with Crippen molar-refractivity contribution < 1.29 is 27.6 Å². The molecular formula is C29H33F3N6O3. The molecule has 0 bridgehead atoms. The third-order valence-corrected chi connectivity index (χ3v) is 8.26. The molecule has 1 spiro atoms. The molecule has 2 aromatic carbocycles. The molecule has 218 valence electrons. The molecule has 3 aromatic rings. The number of Topliss-reactive ketones (excluding diaryl/α,β-unsaturated/α-hetero) is 1. The zero-order valence-electron chi connectivity index (χ0n) is 23.1. The lowest BCUT2D eigenvalue weighted by atomic mass is 9.72. The highest BCUT2D eigenvalue weighted by Crippen LogP contribution is 2.40. The van der Waals surface area contributed by atoms with E-state index in [2.05, 4.69) is 16.9 Å². The minimum absolute atomic E-state index is 0.0713. The lowest BCUT2D eigenvalue weighted by Gasteiger charge is -2.54. The second-order valence-electron chi connectivity index (χ2n) is 10.9. The lowest BCUT2D eigenvalue weighted by molar-refractivity contribution is -0.131. The third kappa shape index (κ3) is 5.92. The van der Waals surface area contributed by atoms with Gasteiger partial charge in [-0.3, -0.25) is 19.2 Å². The van der Waals surface area contributed by atoms with Crippen LogP contribution in [0, 0.1) is 11.2 Å². The highest BCUT2D eigenvalue weighted by Gasteiger charge is 2.45. The van der Waals surface area contributed by atoms with Crippen LogP contribution in [0.1, 0.15) is 35.7 Å². The van der Waals surface area contributed by atoms with Gasteiger partial charge in [0.25, 0.3) is 5.91 Å². The van der Waals surface area contributed by atoms with E-state index >= 15 is 4.39 Å². The number of piperidine rings is 1. The minimum atomic E-state index is -3.25. The minimum Gasteiger partial charge on any atom is -0.344 e. The first-order valence-electron chi connectivity index (χ1n) is 13.7. The Labute approximate surface area is 235 Å². The number of hydrogen-bond acceptors (Lipinski definition) is 5. The first-order chi connectivity index (χ1) is 19.6. The van der Waals surface area contributed by atoms with Crippen LogP contribution in [-0.4, -0.2) is 83.0 Å². The van der Waals surface area contributed by atoms with E-state index in [1.54, 1.807) is 24.0 Å². The topological polar surface area (TPSA) is 90.8 Å². The number of carbonyl (C=O) groups excluding carboxylic acids is 3. The largest absolute Gasteiger partial charge is 0.344 e. The Morgan fingerprint density at radius 1 is 1.10 bits per heavy atom. The molecule has 2 fully saturated rings. The van der Waals surface area contributed by atoms with E-state index in [0.29, 0.717) is 18.8 Å². The number of ketones is 1. The molecule has 41 heavy (non-hydrogen) atoms. The number of rotatable bonds is 8. The zero-order valence-corrected chi connectivity index (χ0v) is 23.1. The van der Waals surface area contributed by atoms with Gasteiger partial charge >= 0.3 is 12.5 Å². The number of nitrogens with one attached hydrogen (secondary N) is 1. The number of aromatic nitrogens is 2. The summed E-state index contributed by atoms with van der Waals surface area (Å²) in [5, 5.41) is 7.01. The van der Waals surface area contributed by atoms with Crippen LogP contribution in [0.4, 0.5) is 23.7 Å². The van der Waals surface area contributed by atoms with Crippen LogP contribution < -0.4 is 10.2 Å². The first kappa shape index (κ1) is 28.6. The third-order valence-electron chi connectivity index (χ3n) is 8.26. The van der Waals surface area contributed by atoms with E-state index in [0.717, 1.165) is 49.4 Å². The first-order valence-corrected chi connectivity index (χ1v) is 13.7. The molecule has 0 unspecified atom stereocenters. The molecule has 0 atom stereocenters. The van der Waals surface area contributed by atoms with Gasteiger partial charge in [0.1, 0.15) is 5.82 Å². The average Bonchev–Trinajstić information content (AvgIpc) is 3.33. The molecule has 0 radical (unpaired) electrons. The van der Waals surface area contributed by atoms with E-state index in [-0.39, 0.29) is 29.1 Å². The number of hydrogen-bond donors (Lipinski definition) is 1. The highest BCUT2D eigenvalue weighted by molar-refractivity contribution is 5.99. The Morgan fingerprint density at radius 2 is 1.83 bits per heavy atom. The molecule has 12 heteroatoms. The molecule has 9 nitrogen and oxygen atoms in total. The van der Waals surface area contributed by atoms with Gasteiger partial charge in [0.15, 0.2) is 5.78 Å². The zero-order chi connectivity index (χ0) is 29.3. The predicted molar refractivity (Wildman–Crippen MR) is 147 cm³/mol. The fraction of sp³-hybridized carbons (Fsp3) is 0.448. The monoisotopic (exact) mass is 570 g/mol. The summed E-state index contributed by atoms with van der Waals surface area (Å²) in [4.78, 5) is 43.1. The van der Waals surface area contributed by atoms with Crippen molar-refractivity contribution in [1.29, 1.82) is 0 Å². The predicted octanol–water partition coefficient (Wildman–Crippen LogP) is 3.82. The molecule has 3 heterocycles. The summed E-state index contributed by atoms with van der Waals surface area (Å²) in [6.45, 7) is 5.73. The summed E-state index contributed by atoms with van der Waals surface area (Å²) in [7, 11) is 1.81. The molecule has 5 rings (SSSR count). The van der Waals surface area contributed by atoms with Crippen molar-refractivity contribution in [3.63, 3.8) is 0 Å². The Balaban J connectivity index is 1.36. The summed E-state index contributed by atoms with van der Waals surface area (Å²) in [6, 6.07) is 9.05. The van der Waals surface area contributed by atoms with Crippen LogP contribution in [0.5, 0.6) is 0 Å². The molecule has 2 saturated heterocycles. The van der Waals surface area contributed by atoms with Crippen molar-refractivity contribution in [2.45, 2.75) is 32.7 Å². The molecule has 2 aliphatic rings. The van der Waals surface area contributed by atoms with E-state index < -0.39 is 30.5 Å². The number of alkyl halides is 2. The number of carbonyl (C=O) groups is 3. The Bertz CT molecular complexity index is 1460. The van der Waals surface area contributed by atoms with Gasteiger partial charge in [0, 0.05) is 55.4 Å². The number of likely N-dealkylation sites (tertiary alicyclic amines) is 2. The number of urea groups is 1. The summed E-state index contributed by atoms with van der Waals surface area (Å²) < 4.78 is 41.8. The van der Waals surface area contributed by atoms with Crippen molar-refractivity contribution in [3.05, 3.63) is 59.5 Å². The molecule has 0 saturated carbocycles. The highest BCUT2D eigenvalue weighted by atomic mass is 19.3. The van der Waals surface area contributed by atoms with E-state index in [1.807, 2.05) is 22.3 Å². The summed E-state index contributed by atoms with van der Waals surface area (Å²) in [5.41, 5.74) is 1.77. The Hall–Kier alpha value is -3.93. The normalized spacial score (nSPS) is 16.7. The Kier molecular flexibility index (Phi) is 8.03. The average molecular weight is 571 g/mol. The molecule has 3 amide bonds. The van der Waals surface area contributed by atoms with Crippen LogP contribution in [-0.2, 0) is 18.4 Å². The lowest BCUT2D eigenvalue weighted by Crippen LogP contribution is -2.61. The summed E-state index contributed by atoms with van der Waals surface area (Å²) in [5.74, 6) is -3.00. The van der Waals surface area contributed by atoms with Gasteiger partial charge in [-0.1, -0.05) is 19.1 Å². The second-order valence-corrected chi connectivity index (χ2v) is 10.9. The van der Waals surface area contributed by atoms with Gasteiger partial charge in [-0.05, 0) is 49.1 Å². The van der Waals surface area contributed by atoms with Gasteiger partial charge in [0.05, 0.1) is 24.8 Å². The number of fused-ring (bicyclic) bond motifs is 1. The second kappa shape index (κ2) is 11.5. The van der Waals surface area contributed by atoms with Gasteiger partial charge < -0.3 is 15.1 Å². The maximum Gasteiger partial charge on any atom is 0.324 e. The van der Waals surface area contributed by atoms with Gasteiger partial charge in [-0.25, -0.2) is 9.18 Å². The molecule has 1 N–H and O–H groups in total. The molecular weight excluding hydrogens is 537 g/mol. The van der Waals surface area contributed by atoms with Crippen LogP contribution in [0.2, 0.25) is 0 Å². The quantitative estimate of drug-likeness (QED) is 0.416.